The Hall–Kier alpha value is -0.120. The first-order valence-electron chi connectivity index (χ1n) is 9.56. The molecule has 23 heavy (non-hydrogen) atoms. The van der Waals surface area contributed by atoms with Gasteiger partial charge in [-0.05, 0) is 75.0 Å². The van der Waals surface area contributed by atoms with Gasteiger partial charge in [0.15, 0.2) is 0 Å². The van der Waals surface area contributed by atoms with Crippen molar-refractivity contribution in [3.63, 3.8) is 0 Å². The Bertz CT molecular complexity index is 458. The van der Waals surface area contributed by atoms with Gasteiger partial charge in [-0.3, -0.25) is 0 Å². The van der Waals surface area contributed by atoms with E-state index in [1.54, 1.807) is 0 Å². The molecule has 0 bridgehead atoms. The van der Waals surface area contributed by atoms with Crippen LogP contribution in [0.4, 0.5) is 0 Å². The fourth-order valence-corrected chi connectivity index (χ4v) is 6.44. The number of fused-ring (bicyclic) bond motifs is 1. The van der Waals surface area contributed by atoms with E-state index in [0.717, 1.165) is 25.7 Å². The van der Waals surface area contributed by atoms with Crippen LogP contribution in [0.5, 0.6) is 0 Å². The van der Waals surface area contributed by atoms with Gasteiger partial charge in [-0.1, -0.05) is 27.2 Å². The lowest BCUT2D eigenvalue weighted by atomic mass is 9.45. The van der Waals surface area contributed by atoms with Crippen molar-refractivity contribution in [2.75, 3.05) is 6.61 Å². The maximum absolute atomic E-state index is 11.2. The molecule has 1 aliphatic heterocycles. The fraction of sp³-hybridized carbons (Fsp3) is 1.00. The molecule has 3 rings (SSSR count). The Kier molecular flexibility index (Phi) is 4.18. The van der Waals surface area contributed by atoms with E-state index in [-0.39, 0.29) is 23.7 Å². The average molecular weight is 325 g/mol. The summed E-state index contributed by atoms with van der Waals surface area (Å²) in [6.45, 7) is 11.6. The summed E-state index contributed by atoms with van der Waals surface area (Å²) in [6, 6.07) is 0. The molecule has 6 atom stereocenters. The van der Waals surface area contributed by atoms with Crippen LogP contribution in [0.15, 0.2) is 0 Å². The van der Waals surface area contributed by atoms with Crippen molar-refractivity contribution < 1.29 is 14.9 Å². The number of hydrogen-bond acceptors (Lipinski definition) is 3. The second-order valence-corrected chi connectivity index (χ2v) is 9.99. The molecule has 2 saturated carbocycles. The topological polar surface area (TPSA) is 53.0 Å². The minimum absolute atomic E-state index is 0.00226. The molecule has 3 nitrogen and oxygen atoms in total. The first-order valence-corrected chi connectivity index (χ1v) is 9.56. The van der Waals surface area contributed by atoms with Crippen LogP contribution in [0.2, 0.25) is 0 Å². The summed E-state index contributed by atoms with van der Waals surface area (Å²) >= 11 is 0. The van der Waals surface area contributed by atoms with Gasteiger partial charge in [-0.25, -0.2) is 0 Å². The van der Waals surface area contributed by atoms with Crippen LogP contribution in [0, 0.1) is 22.7 Å². The molecule has 1 unspecified atom stereocenters. The molecule has 3 heteroatoms. The Morgan fingerprint density at radius 1 is 1.04 bits per heavy atom. The molecule has 2 aliphatic carbocycles. The van der Waals surface area contributed by atoms with Crippen LogP contribution in [-0.2, 0) is 4.74 Å². The van der Waals surface area contributed by atoms with Crippen molar-refractivity contribution in [1.82, 2.24) is 0 Å². The van der Waals surface area contributed by atoms with Crippen molar-refractivity contribution in [3.8, 4) is 0 Å². The third-order valence-electron chi connectivity index (χ3n) is 7.89. The van der Waals surface area contributed by atoms with E-state index < -0.39 is 5.60 Å². The van der Waals surface area contributed by atoms with Crippen LogP contribution >= 0.6 is 0 Å². The molecule has 0 aromatic heterocycles. The highest BCUT2D eigenvalue weighted by molar-refractivity contribution is 5.09. The van der Waals surface area contributed by atoms with Gasteiger partial charge in [0.2, 0.25) is 0 Å². The highest BCUT2D eigenvalue weighted by atomic mass is 16.6. The number of aliphatic hydroxyl groups excluding tert-OH is 1. The summed E-state index contributed by atoms with van der Waals surface area (Å²) in [7, 11) is 0. The van der Waals surface area contributed by atoms with Crippen LogP contribution in [-0.4, -0.2) is 34.1 Å². The summed E-state index contributed by atoms with van der Waals surface area (Å²) in [6.07, 6.45) is 7.85. The molecule has 1 saturated heterocycles. The minimum Gasteiger partial charge on any atom is -0.394 e. The number of rotatable bonds is 4. The van der Waals surface area contributed by atoms with Gasteiger partial charge >= 0.3 is 0 Å². The highest BCUT2D eigenvalue weighted by Gasteiger charge is 2.59. The van der Waals surface area contributed by atoms with Gasteiger partial charge in [-0.2, -0.15) is 0 Å². The lowest BCUT2D eigenvalue weighted by Gasteiger charge is -2.61. The molecule has 1 heterocycles. The van der Waals surface area contributed by atoms with Crippen molar-refractivity contribution >= 4 is 0 Å². The summed E-state index contributed by atoms with van der Waals surface area (Å²) in [5.74, 6) is 1.03. The number of ether oxygens (including phenoxy) is 1. The van der Waals surface area contributed by atoms with Gasteiger partial charge in [0, 0.05) is 0 Å². The molecule has 3 fully saturated rings. The van der Waals surface area contributed by atoms with Gasteiger partial charge in [0.05, 0.1) is 17.8 Å². The predicted octanol–water partition coefficient (Wildman–Crippen LogP) is 3.91. The Morgan fingerprint density at radius 3 is 2.35 bits per heavy atom. The summed E-state index contributed by atoms with van der Waals surface area (Å²) in [5, 5.41) is 20.5. The third kappa shape index (κ3) is 2.87. The maximum Gasteiger partial charge on any atom is 0.110 e. The van der Waals surface area contributed by atoms with E-state index in [2.05, 4.69) is 34.6 Å². The second kappa shape index (κ2) is 5.44. The van der Waals surface area contributed by atoms with Crippen LogP contribution in [0.3, 0.4) is 0 Å². The molecule has 2 N–H and O–H groups in total. The van der Waals surface area contributed by atoms with Crippen LogP contribution in [0.25, 0.3) is 0 Å². The zero-order chi connectivity index (χ0) is 17.1. The highest BCUT2D eigenvalue weighted by Crippen LogP contribution is 2.63. The van der Waals surface area contributed by atoms with Crippen molar-refractivity contribution in [3.05, 3.63) is 0 Å². The Labute approximate surface area is 141 Å². The van der Waals surface area contributed by atoms with Crippen LogP contribution < -0.4 is 0 Å². The van der Waals surface area contributed by atoms with Crippen molar-refractivity contribution in [2.45, 2.75) is 96.9 Å². The van der Waals surface area contributed by atoms with Crippen molar-refractivity contribution in [1.29, 1.82) is 0 Å². The third-order valence-corrected chi connectivity index (χ3v) is 7.89. The molecular weight excluding hydrogens is 288 g/mol. The van der Waals surface area contributed by atoms with Gasteiger partial charge in [-0.15, -0.1) is 0 Å². The predicted molar refractivity (Wildman–Crippen MR) is 92.2 cm³/mol. The van der Waals surface area contributed by atoms with E-state index in [1.165, 1.54) is 19.3 Å². The number of aliphatic hydroxyl groups is 2. The van der Waals surface area contributed by atoms with Gasteiger partial charge < -0.3 is 14.9 Å². The first-order chi connectivity index (χ1) is 10.6. The summed E-state index contributed by atoms with van der Waals surface area (Å²) in [5.41, 5.74) is -0.129. The molecular formula is C20H36O3. The molecule has 134 valence electrons. The van der Waals surface area contributed by atoms with E-state index in [1.807, 2.05) is 0 Å². The molecule has 0 aromatic rings. The maximum atomic E-state index is 11.2. The van der Waals surface area contributed by atoms with Gasteiger partial charge in [0.25, 0.3) is 0 Å². The largest absolute Gasteiger partial charge is 0.394 e. The van der Waals surface area contributed by atoms with E-state index in [4.69, 9.17) is 4.74 Å². The van der Waals surface area contributed by atoms with Crippen LogP contribution in [0.1, 0.15) is 79.6 Å². The monoisotopic (exact) mass is 324 g/mol. The van der Waals surface area contributed by atoms with E-state index >= 15 is 0 Å². The Morgan fingerprint density at radius 2 is 1.74 bits per heavy atom. The smallest absolute Gasteiger partial charge is 0.110 e. The number of epoxide rings is 1. The van der Waals surface area contributed by atoms with E-state index in [9.17, 15) is 10.2 Å². The zero-order valence-corrected chi connectivity index (χ0v) is 15.7. The first kappa shape index (κ1) is 17.7. The zero-order valence-electron chi connectivity index (χ0n) is 15.7. The summed E-state index contributed by atoms with van der Waals surface area (Å²) in [4.78, 5) is 0. The van der Waals surface area contributed by atoms with Crippen molar-refractivity contribution in [2.24, 2.45) is 22.7 Å². The molecule has 0 amide bonds. The minimum atomic E-state index is -0.571. The summed E-state index contributed by atoms with van der Waals surface area (Å²) < 4.78 is 5.69. The second-order valence-electron chi connectivity index (χ2n) is 9.99. The lowest BCUT2D eigenvalue weighted by molar-refractivity contribution is -0.170. The molecule has 0 spiro atoms. The average Bonchev–Trinajstić information content (AvgIpc) is 3.07. The quantitative estimate of drug-likeness (QED) is 0.771. The van der Waals surface area contributed by atoms with Gasteiger partial charge in [0.1, 0.15) is 6.10 Å². The normalized spacial score (nSPS) is 52.0. The standard InChI is InChI=1S/C20H36O3/c1-17(2)9-6-10-18(3)14(17)7-11-19(4,22)15(18)8-12-20(5)16(13-21)23-20/h14-16,21-22H,6-13H2,1-5H3/t14-,15+,16?,18-,19+,20+/m0/s1. The Balaban J connectivity index is 1.80. The molecule has 3 aliphatic rings. The fourth-order valence-electron chi connectivity index (χ4n) is 6.44. The molecule has 0 aromatic carbocycles. The number of hydrogen-bond donors (Lipinski definition) is 2. The van der Waals surface area contributed by atoms with E-state index in [0.29, 0.717) is 17.3 Å². The SMILES string of the molecule is CC1(C)CCC[C@]2(C)[C@@H](CC[C@@]3(C)OC3CO)[C@](C)(O)CC[C@@H]12. The lowest BCUT2D eigenvalue weighted by Crippen LogP contribution is -2.57. The molecule has 0 radical (unpaired) electrons.